The van der Waals surface area contributed by atoms with Gasteiger partial charge in [-0.05, 0) is 12.1 Å². The van der Waals surface area contributed by atoms with Crippen LogP contribution in [0.25, 0.3) is 0 Å². The molecule has 0 radical (unpaired) electrons. The van der Waals surface area contributed by atoms with Gasteiger partial charge in [-0.15, -0.1) is 0 Å². The van der Waals surface area contributed by atoms with E-state index >= 15 is 0 Å². The highest BCUT2D eigenvalue weighted by atomic mass is 19.2. The van der Waals surface area contributed by atoms with E-state index in [-0.39, 0.29) is 11.8 Å². The second kappa shape index (κ2) is 8.24. The number of hydrogen-bond donors (Lipinski definition) is 1. The van der Waals surface area contributed by atoms with Gasteiger partial charge in [-0.3, -0.25) is 4.79 Å². The van der Waals surface area contributed by atoms with E-state index in [0.29, 0.717) is 0 Å². The second-order valence-electron chi connectivity index (χ2n) is 5.75. The first-order chi connectivity index (χ1) is 14.5. The molecule has 1 N–H and O–H groups in total. The number of nitrogens with one attached hydrogen (secondary N) is 1. The molecule has 3 rings (SSSR count). The Morgan fingerprint density at radius 1 is 0.774 bits per heavy atom. The third-order valence-corrected chi connectivity index (χ3v) is 3.76. The highest BCUT2D eigenvalue weighted by molar-refractivity contribution is 6.02. The maximum absolute atomic E-state index is 13.6. The van der Waals surface area contributed by atoms with Gasteiger partial charge in [0.15, 0.2) is 34.8 Å². The monoisotopic (exact) mass is 455 g/mol. The van der Waals surface area contributed by atoms with Crippen LogP contribution in [0.1, 0.15) is 16.3 Å². The maximum Gasteiger partial charge on any atom is 0.291 e. The summed E-state index contributed by atoms with van der Waals surface area (Å²) in [7, 11) is 0. The number of amides is 1. The van der Waals surface area contributed by atoms with Gasteiger partial charge < -0.3 is 14.5 Å². The smallest absolute Gasteiger partial charge is 0.291 e. The molecule has 4 nitrogen and oxygen atoms in total. The van der Waals surface area contributed by atoms with Crippen LogP contribution in [-0.4, -0.2) is 5.91 Å². The number of carbonyl (C=O) groups excluding carboxylic acids is 1. The molecule has 0 saturated carbocycles. The predicted octanol–water partition coefficient (Wildman–Crippen LogP) is 5.36. The van der Waals surface area contributed by atoms with Crippen molar-refractivity contribution in [3.05, 3.63) is 82.1 Å². The lowest BCUT2D eigenvalue weighted by molar-refractivity contribution is 0.0991. The Kier molecular flexibility index (Phi) is 5.86. The van der Waals surface area contributed by atoms with Crippen molar-refractivity contribution < 1.29 is 53.5 Å². The minimum atomic E-state index is -2.40. The Labute approximate surface area is 165 Å². The van der Waals surface area contributed by atoms with Gasteiger partial charge in [0.05, 0.1) is 0 Å². The summed E-state index contributed by atoms with van der Waals surface area (Å²) >= 11 is 0. The highest BCUT2D eigenvalue weighted by Gasteiger charge is 2.27. The fraction of sp³-hybridized carbons (Fsp3) is 0.0556. The van der Waals surface area contributed by atoms with Crippen molar-refractivity contribution in [3.8, 4) is 5.75 Å². The molecule has 0 atom stereocenters. The standard InChI is InChI=1S/C18H6F9NO3/c19-6-3-7(20)10(22)16(9(6)21)28-18(29)8-2-1-5(31-8)4-30-17-14(26)12(24)11(23)13(25)15(17)27/h1-3H,4H2,(H,28,29). The van der Waals surface area contributed by atoms with Gasteiger partial charge >= 0.3 is 0 Å². The molecule has 13 heteroatoms. The minimum Gasteiger partial charge on any atom is -0.479 e. The van der Waals surface area contributed by atoms with E-state index in [0.717, 1.165) is 12.1 Å². The SMILES string of the molecule is O=C(Nc1c(F)c(F)cc(F)c1F)c1ccc(COc2c(F)c(F)c(F)c(F)c2F)o1. The predicted molar refractivity (Wildman–Crippen MR) is 83.5 cm³/mol. The Morgan fingerprint density at radius 3 is 1.84 bits per heavy atom. The van der Waals surface area contributed by atoms with Crippen molar-refractivity contribution in [3.63, 3.8) is 0 Å². The summed E-state index contributed by atoms with van der Waals surface area (Å²) in [5.74, 6) is -22.8. The van der Waals surface area contributed by atoms with E-state index in [1.54, 1.807) is 0 Å². The Hall–Kier alpha value is -3.64. The van der Waals surface area contributed by atoms with Crippen LogP contribution in [0.3, 0.4) is 0 Å². The molecule has 0 unspecified atom stereocenters. The highest BCUT2D eigenvalue weighted by Crippen LogP contribution is 2.30. The molecular formula is C18H6F9NO3. The van der Waals surface area contributed by atoms with Crippen LogP contribution in [0, 0.1) is 52.4 Å². The summed E-state index contributed by atoms with van der Waals surface area (Å²) in [5, 5.41) is 1.54. The van der Waals surface area contributed by atoms with Crippen LogP contribution in [0.4, 0.5) is 45.2 Å². The van der Waals surface area contributed by atoms with Crippen LogP contribution in [0.15, 0.2) is 22.6 Å². The summed E-state index contributed by atoms with van der Waals surface area (Å²) < 4.78 is 129. The fourth-order valence-corrected chi connectivity index (χ4v) is 2.29. The molecule has 31 heavy (non-hydrogen) atoms. The quantitative estimate of drug-likeness (QED) is 0.320. The lowest BCUT2D eigenvalue weighted by Crippen LogP contribution is -2.15. The molecule has 1 aromatic heterocycles. The van der Waals surface area contributed by atoms with Crippen molar-refractivity contribution >= 4 is 11.6 Å². The molecule has 0 bridgehead atoms. The lowest BCUT2D eigenvalue weighted by atomic mass is 10.2. The Balaban J connectivity index is 1.77. The molecule has 0 spiro atoms. The van der Waals surface area contributed by atoms with Crippen molar-refractivity contribution in [2.24, 2.45) is 0 Å². The molecule has 1 heterocycles. The van der Waals surface area contributed by atoms with Gasteiger partial charge in [0.1, 0.15) is 18.1 Å². The van der Waals surface area contributed by atoms with Crippen LogP contribution in [0.5, 0.6) is 5.75 Å². The topological polar surface area (TPSA) is 51.5 Å². The van der Waals surface area contributed by atoms with Crippen molar-refractivity contribution in [2.75, 3.05) is 5.32 Å². The van der Waals surface area contributed by atoms with E-state index in [1.165, 1.54) is 5.32 Å². The molecule has 0 aliphatic rings. The average Bonchev–Trinajstić information content (AvgIpc) is 3.21. The Bertz CT molecular complexity index is 1140. The zero-order valence-electron chi connectivity index (χ0n) is 14.6. The van der Waals surface area contributed by atoms with Gasteiger partial charge in [-0.1, -0.05) is 0 Å². The molecule has 2 aromatic carbocycles. The molecule has 164 valence electrons. The summed E-state index contributed by atoms with van der Waals surface area (Å²) in [5.41, 5.74) is -1.45. The number of ether oxygens (including phenoxy) is 1. The molecule has 0 saturated heterocycles. The van der Waals surface area contributed by atoms with E-state index in [9.17, 15) is 44.3 Å². The molecule has 1 amide bonds. The summed E-state index contributed by atoms with van der Waals surface area (Å²) in [6.07, 6.45) is 0. The summed E-state index contributed by atoms with van der Waals surface area (Å²) in [6, 6.07) is 1.75. The number of halogens is 9. The van der Waals surface area contributed by atoms with Crippen molar-refractivity contribution in [1.29, 1.82) is 0 Å². The van der Waals surface area contributed by atoms with Crippen molar-refractivity contribution in [2.45, 2.75) is 6.61 Å². The van der Waals surface area contributed by atoms with Crippen LogP contribution >= 0.6 is 0 Å². The first-order valence-corrected chi connectivity index (χ1v) is 7.90. The van der Waals surface area contributed by atoms with E-state index in [1.807, 2.05) is 0 Å². The number of rotatable bonds is 5. The van der Waals surface area contributed by atoms with E-state index in [2.05, 4.69) is 4.74 Å². The summed E-state index contributed by atoms with van der Waals surface area (Å²) in [6.45, 7) is -0.928. The van der Waals surface area contributed by atoms with Gasteiger partial charge in [0.25, 0.3) is 5.91 Å². The number of furan rings is 1. The minimum absolute atomic E-state index is 0.0813. The van der Waals surface area contributed by atoms with E-state index in [4.69, 9.17) is 4.42 Å². The third kappa shape index (κ3) is 4.02. The van der Waals surface area contributed by atoms with Crippen LogP contribution < -0.4 is 10.1 Å². The molecule has 0 aliphatic carbocycles. The molecule has 3 aromatic rings. The average molecular weight is 455 g/mol. The molecule has 0 fully saturated rings. The largest absolute Gasteiger partial charge is 0.479 e. The zero-order chi connectivity index (χ0) is 23.0. The first kappa shape index (κ1) is 22.1. The number of anilines is 1. The maximum atomic E-state index is 13.6. The van der Waals surface area contributed by atoms with Gasteiger partial charge in [-0.25, -0.2) is 30.7 Å². The second-order valence-corrected chi connectivity index (χ2v) is 5.75. The summed E-state index contributed by atoms with van der Waals surface area (Å²) in [4.78, 5) is 12.0. The fourth-order valence-electron chi connectivity index (χ4n) is 2.29. The Morgan fingerprint density at radius 2 is 1.29 bits per heavy atom. The molecule has 0 aliphatic heterocycles. The number of benzene rings is 2. The number of hydrogen-bond acceptors (Lipinski definition) is 3. The van der Waals surface area contributed by atoms with Gasteiger partial charge in [0.2, 0.25) is 29.1 Å². The molecular weight excluding hydrogens is 449 g/mol. The van der Waals surface area contributed by atoms with Crippen molar-refractivity contribution in [1.82, 2.24) is 0 Å². The first-order valence-electron chi connectivity index (χ1n) is 7.90. The van der Waals surface area contributed by atoms with Gasteiger partial charge in [-0.2, -0.15) is 8.78 Å². The van der Waals surface area contributed by atoms with Crippen LogP contribution in [0.2, 0.25) is 0 Å². The lowest BCUT2D eigenvalue weighted by Gasteiger charge is -2.09. The van der Waals surface area contributed by atoms with Gasteiger partial charge in [0, 0.05) is 6.07 Å². The third-order valence-electron chi connectivity index (χ3n) is 3.76. The normalized spacial score (nSPS) is 11.0. The van der Waals surface area contributed by atoms with Crippen LogP contribution in [-0.2, 0) is 6.61 Å². The number of carbonyl (C=O) groups is 1. The zero-order valence-corrected chi connectivity index (χ0v) is 14.6. The van der Waals surface area contributed by atoms with E-state index < -0.39 is 82.1 Å².